The van der Waals surface area contributed by atoms with Gasteiger partial charge >= 0.3 is 0 Å². The number of carbonyl (C=O) groups excluding carboxylic acids is 1. The van der Waals surface area contributed by atoms with Crippen molar-refractivity contribution in [3.8, 4) is 17.1 Å². The Labute approximate surface area is 173 Å². The summed E-state index contributed by atoms with van der Waals surface area (Å²) in [4.78, 5) is 12.4. The number of aromatic nitrogens is 3. The van der Waals surface area contributed by atoms with E-state index in [0.717, 1.165) is 16.9 Å². The summed E-state index contributed by atoms with van der Waals surface area (Å²) in [5, 5.41) is 10.6. The highest BCUT2D eigenvalue weighted by molar-refractivity contribution is 7.71. The van der Waals surface area contributed by atoms with E-state index in [1.807, 2.05) is 48.7 Å². The minimum Gasteiger partial charge on any atom is -0.494 e. The van der Waals surface area contributed by atoms with Gasteiger partial charge in [-0.15, -0.1) is 0 Å². The van der Waals surface area contributed by atoms with Crippen molar-refractivity contribution in [3.05, 3.63) is 57.8 Å². The third-order valence-corrected chi connectivity index (χ3v) is 5.01. The molecular weight excluding hydrogens is 396 g/mol. The van der Waals surface area contributed by atoms with Crippen molar-refractivity contribution in [2.24, 2.45) is 0 Å². The second-order valence-electron chi connectivity index (χ2n) is 6.17. The number of rotatable bonds is 7. The summed E-state index contributed by atoms with van der Waals surface area (Å²) in [5.41, 5.74) is 2.44. The normalized spacial score (nSPS) is 10.7. The number of anilines is 1. The molecule has 0 aliphatic carbocycles. The molecule has 2 aromatic carbocycles. The lowest BCUT2D eigenvalue weighted by molar-refractivity contribution is -0.116. The molecule has 0 fully saturated rings. The zero-order chi connectivity index (χ0) is 20.1. The largest absolute Gasteiger partial charge is 0.494 e. The number of ether oxygens (including phenoxy) is 1. The van der Waals surface area contributed by atoms with Crippen LogP contribution in [0.4, 0.5) is 5.69 Å². The minimum absolute atomic E-state index is 0.119. The van der Waals surface area contributed by atoms with Crippen LogP contribution in [0.25, 0.3) is 11.4 Å². The third kappa shape index (κ3) is 4.61. The zero-order valence-electron chi connectivity index (χ0n) is 15.7. The molecule has 6 nitrogen and oxygen atoms in total. The van der Waals surface area contributed by atoms with E-state index in [2.05, 4.69) is 15.5 Å². The maximum Gasteiger partial charge on any atom is 0.226 e. The smallest absolute Gasteiger partial charge is 0.226 e. The van der Waals surface area contributed by atoms with Crippen LogP contribution in [-0.4, -0.2) is 27.3 Å². The maximum absolute atomic E-state index is 12.4. The number of benzene rings is 2. The topological polar surface area (TPSA) is 71.9 Å². The molecule has 146 valence electrons. The van der Waals surface area contributed by atoms with Crippen LogP contribution in [0.3, 0.4) is 0 Å². The van der Waals surface area contributed by atoms with Crippen LogP contribution in [0, 0.1) is 11.7 Å². The molecule has 0 bridgehead atoms. The summed E-state index contributed by atoms with van der Waals surface area (Å²) in [5.74, 6) is 1.36. The minimum atomic E-state index is -0.119. The Balaban J connectivity index is 1.71. The quantitative estimate of drug-likeness (QED) is 0.532. The Kier molecular flexibility index (Phi) is 6.49. The standard InChI is InChI=1S/C20H21ClN4O2S/c1-3-27-15-9-7-14(8-10-15)19-23-24-20(28)25(19)12-11-18(26)22-17-6-4-5-16(21)13(17)2/h4-10H,3,11-12H2,1-2H3,(H,22,26)(H,24,28). The number of nitrogens with one attached hydrogen (secondary N) is 2. The Hall–Kier alpha value is -2.64. The van der Waals surface area contributed by atoms with E-state index in [9.17, 15) is 4.79 Å². The third-order valence-electron chi connectivity index (χ3n) is 4.29. The van der Waals surface area contributed by atoms with Crippen molar-refractivity contribution < 1.29 is 9.53 Å². The first-order valence-corrected chi connectivity index (χ1v) is 9.71. The Bertz CT molecular complexity index is 1030. The van der Waals surface area contributed by atoms with Crippen molar-refractivity contribution in [2.75, 3.05) is 11.9 Å². The summed E-state index contributed by atoms with van der Waals surface area (Å²) >= 11 is 11.4. The Morgan fingerprint density at radius 1 is 1.29 bits per heavy atom. The second-order valence-corrected chi connectivity index (χ2v) is 6.97. The second kappa shape index (κ2) is 9.03. The molecule has 1 heterocycles. The first kappa shape index (κ1) is 20.1. The van der Waals surface area contributed by atoms with E-state index >= 15 is 0 Å². The fraction of sp³-hybridized carbons (Fsp3) is 0.250. The van der Waals surface area contributed by atoms with Gasteiger partial charge in [-0.25, -0.2) is 0 Å². The molecule has 0 spiro atoms. The molecule has 0 aliphatic heterocycles. The molecule has 0 aliphatic rings. The van der Waals surface area contributed by atoms with Gasteiger partial charge in [-0.2, -0.15) is 5.10 Å². The van der Waals surface area contributed by atoms with Crippen LogP contribution in [-0.2, 0) is 11.3 Å². The SMILES string of the molecule is CCOc1ccc(-c2n[nH]c(=S)n2CCC(=O)Nc2cccc(Cl)c2C)cc1. The lowest BCUT2D eigenvalue weighted by atomic mass is 10.2. The molecule has 0 unspecified atom stereocenters. The number of hydrogen-bond acceptors (Lipinski definition) is 4. The van der Waals surface area contributed by atoms with Gasteiger partial charge in [0.1, 0.15) is 5.75 Å². The molecule has 3 rings (SSSR count). The highest BCUT2D eigenvalue weighted by Gasteiger charge is 2.12. The summed E-state index contributed by atoms with van der Waals surface area (Å²) < 4.78 is 7.75. The van der Waals surface area contributed by atoms with Gasteiger partial charge in [-0.1, -0.05) is 17.7 Å². The number of amides is 1. The van der Waals surface area contributed by atoms with Crippen molar-refractivity contribution >= 4 is 35.4 Å². The predicted octanol–water partition coefficient (Wildman–Crippen LogP) is 5.00. The number of H-pyrrole nitrogens is 1. The lowest BCUT2D eigenvalue weighted by Crippen LogP contribution is -2.15. The highest BCUT2D eigenvalue weighted by Crippen LogP contribution is 2.24. The van der Waals surface area contributed by atoms with Gasteiger partial charge in [0.05, 0.1) is 6.61 Å². The van der Waals surface area contributed by atoms with E-state index in [4.69, 9.17) is 28.6 Å². The molecule has 3 aromatic rings. The van der Waals surface area contributed by atoms with Gasteiger partial charge in [0, 0.05) is 29.2 Å². The van der Waals surface area contributed by atoms with Crippen LogP contribution < -0.4 is 10.1 Å². The molecule has 1 aromatic heterocycles. The molecule has 0 radical (unpaired) electrons. The van der Waals surface area contributed by atoms with E-state index in [1.54, 1.807) is 12.1 Å². The number of nitrogens with zero attached hydrogens (tertiary/aromatic N) is 2. The molecule has 1 amide bonds. The van der Waals surface area contributed by atoms with E-state index in [0.29, 0.717) is 34.5 Å². The van der Waals surface area contributed by atoms with Crippen molar-refractivity contribution in [2.45, 2.75) is 26.8 Å². The summed E-state index contributed by atoms with van der Waals surface area (Å²) in [6, 6.07) is 13.0. The van der Waals surface area contributed by atoms with Crippen molar-refractivity contribution in [1.29, 1.82) is 0 Å². The zero-order valence-corrected chi connectivity index (χ0v) is 17.2. The van der Waals surface area contributed by atoms with Gasteiger partial charge in [0.25, 0.3) is 0 Å². The summed E-state index contributed by atoms with van der Waals surface area (Å²) in [6.45, 7) is 4.83. The van der Waals surface area contributed by atoms with Crippen molar-refractivity contribution in [1.82, 2.24) is 14.8 Å². The monoisotopic (exact) mass is 416 g/mol. The van der Waals surface area contributed by atoms with Crippen LogP contribution in [0.1, 0.15) is 18.9 Å². The Morgan fingerprint density at radius 3 is 2.75 bits per heavy atom. The highest BCUT2D eigenvalue weighted by atomic mass is 35.5. The van der Waals surface area contributed by atoms with Gasteiger partial charge in [-0.3, -0.25) is 14.5 Å². The number of hydrogen-bond donors (Lipinski definition) is 2. The Morgan fingerprint density at radius 2 is 2.04 bits per heavy atom. The van der Waals surface area contributed by atoms with Crippen LogP contribution >= 0.6 is 23.8 Å². The fourth-order valence-corrected chi connectivity index (χ4v) is 3.18. The molecule has 8 heteroatoms. The number of carbonyl (C=O) groups is 1. The molecule has 2 N–H and O–H groups in total. The van der Waals surface area contributed by atoms with Gasteiger partial charge in [-0.05, 0) is 68.0 Å². The molecular formula is C20H21ClN4O2S. The van der Waals surface area contributed by atoms with Crippen LogP contribution in [0.15, 0.2) is 42.5 Å². The predicted molar refractivity (Wildman–Crippen MR) is 113 cm³/mol. The van der Waals surface area contributed by atoms with Gasteiger partial charge in [0.2, 0.25) is 5.91 Å². The molecule has 28 heavy (non-hydrogen) atoms. The molecule has 0 saturated carbocycles. The number of halogens is 1. The first-order chi connectivity index (χ1) is 13.5. The van der Waals surface area contributed by atoms with E-state index in [1.165, 1.54) is 0 Å². The van der Waals surface area contributed by atoms with E-state index < -0.39 is 0 Å². The fourth-order valence-electron chi connectivity index (χ4n) is 2.78. The maximum atomic E-state index is 12.4. The lowest BCUT2D eigenvalue weighted by Gasteiger charge is -2.11. The van der Waals surface area contributed by atoms with Crippen LogP contribution in [0.5, 0.6) is 5.75 Å². The molecule has 0 atom stereocenters. The summed E-state index contributed by atoms with van der Waals surface area (Å²) in [6.07, 6.45) is 0.254. The average molecular weight is 417 g/mol. The molecule has 0 saturated heterocycles. The first-order valence-electron chi connectivity index (χ1n) is 8.93. The van der Waals surface area contributed by atoms with Gasteiger partial charge in [0.15, 0.2) is 10.6 Å². The van der Waals surface area contributed by atoms with Crippen molar-refractivity contribution in [3.63, 3.8) is 0 Å². The van der Waals surface area contributed by atoms with E-state index in [-0.39, 0.29) is 12.3 Å². The summed E-state index contributed by atoms with van der Waals surface area (Å²) in [7, 11) is 0. The number of aromatic amines is 1. The van der Waals surface area contributed by atoms with Gasteiger partial charge < -0.3 is 10.1 Å². The van der Waals surface area contributed by atoms with Crippen LogP contribution in [0.2, 0.25) is 5.02 Å². The average Bonchev–Trinajstić information content (AvgIpc) is 3.05.